The van der Waals surface area contributed by atoms with Gasteiger partial charge in [0.15, 0.2) is 0 Å². The number of aryl methyl sites for hydroxylation is 1. The molecule has 1 amide bonds. The van der Waals surface area contributed by atoms with Crippen molar-refractivity contribution in [1.82, 2.24) is 0 Å². The van der Waals surface area contributed by atoms with Crippen LogP contribution in [0.25, 0.3) is 6.08 Å². The Bertz CT molecular complexity index is 1200. The standard InChI is InChI=1S/C24H17Cl2FN2O2/c1-15-5-7-20(12-21(15)25)29-24(30)18(13-28)9-16-6-8-23(22(26)11-16)31-14-17-3-2-4-19(27)10-17/h2-12H,14H2,1H3,(H,29,30)/b18-9+. The van der Waals surface area contributed by atoms with Crippen molar-refractivity contribution in [3.8, 4) is 11.8 Å². The van der Waals surface area contributed by atoms with Crippen LogP contribution in [0.2, 0.25) is 10.0 Å². The zero-order valence-electron chi connectivity index (χ0n) is 16.5. The molecule has 0 atom stereocenters. The molecule has 0 bridgehead atoms. The predicted octanol–water partition coefficient (Wildman–Crippen LogP) is 6.57. The van der Waals surface area contributed by atoms with Crippen LogP contribution in [0.1, 0.15) is 16.7 Å². The molecule has 0 fully saturated rings. The fraction of sp³-hybridized carbons (Fsp3) is 0.0833. The molecule has 0 aliphatic heterocycles. The van der Waals surface area contributed by atoms with Crippen molar-refractivity contribution in [2.75, 3.05) is 5.32 Å². The van der Waals surface area contributed by atoms with Gasteiger partial charge < -0.3 is 10.1 Å². The Kier molecular flexibility index (Phi) is 7.30. The minimum atomic E-state index is -0.565. The molecule has 0 unspecified atom stereocenters. The van der Waals surface area contributed by atoms with Crippen LogP contribution in [-0.4, -0.2) is 5.91 Å². The zero-order chi connectivity index (χ0) is 22.4. The van der Waals surface area contributed by atoms with Gasteiger partial charge in [-0.15, -0.1) is 0 Å². The van der Waals surface area contributed by atoms with Crippen LogP contribution < -0.4 is 10.1 Å². The minimum absolute atomic E-state index is 0.0961. The third-order valence-corrected chi connectivity index (χ3v) is 5.05. The molecule has 0 radical (unpaired) electrons. The van der Waals surface area contributed by atoms with E-state index in [-0.39, 0.29) is 18.0 Å². The monoisotopic (exact) mass is 454 g/mol. The van der Waals surface area contributed by atoms with Gasteiger partial charge in [0.2, 0.25) is 0 Å². The van der Waals surface area contributed by atoms with E-state index >= 15 is 0 Å². The third kappa shape index (κ3) is 6.08. The number of hydrogen-bond acceptors (Lipinski definition) is 3. The number of hydrogen-bond donors (Lipinski definition) is 1. The molecule has 7 heteroatoms. The van der Waals surface area contributed by atoms with Crippen LogP contribution in [-0.2, 0) is 11.4 Å². The van der Waals surface area contributed by atoms with Crippen molar-refractivity contribution in [3.05, 3.63) is 98.8 Å². The second-order valence-corrected chi connectivity index (χ2v) is 7.51. The molecule has 31 heavy (non-hydrogen) atoms. The number of halogens is 3. The Hall–Kier alpha value is -3.33. The molecular formula is C24H17Cl2FN2O2. The second-order valence-electron chi connectivity index (χ2n) is 6.70. The molecule has 0 heterocycles. The van der Waals surface area contributed by atoms with Gasteiger partial charge in [0.1, 0.15) is 29.8 Å². The largest absolute Gasteiger partial charge is 0.487 e. The smallest absolute Gasteiger partial charge is 0.266 e. The van der Waals surface area contributed by atoms with Crippen molar-refractivity contribution in [3.63, 3.8) is 0 Å². The van der Waals surface area contributed by atoms with Crippen molar-refractivity contribution >= 4 is 40.9 Å². The second kappa shape index (κ2) is 10.1. The average Bonchev–Trinajstić information content (AvgIpc) is 2.74. The highest BCUT2D eigenvalue weighted by Crippen LogP contribution is 2.27. The van der Waals surface area contributed by atoms with Gasteiger partial charge in [0, 0.05) is 10.7 Å². The highest BCUT2D eigenvalue weighted by molar-refractivity contribution is 6.32. The molecule has 0 saturated carbocycles. The lowest BCUT2D eigenvalue weighted by atomic mass is 10.1. The lowest BCUT2D eigenvalue weighted by Gasteiger charge is -2.09. The van der Waals surface area contributed by atoms with Crippen LogP contribution in [0.5, 0.6) is 5.75 Å². The number of nitrogens with zero attached hydrogens (tertiary/aromatic N) is 1. The SMILES string of the molecule is Cc1ccc(NC(=O)/C(C#N)=C/c2ccc(OCc3cccc(F)c3)c(Cl)c2)cc1Cl. The van der Waals surface area contributed by atoms with Gasteiger partial charge in [-0.2, -0.15) is 5.26 Å². The molecule has 156 valence electrons. The van der Waals surface area contributed by atoms with Crippen LogP contribution in [0.4, 0.5) is 10.1 Å². The molecular weight excluding hydrogens is 438 g/mol. The maximum absolute atomic E-state index is 13.3. The van der Waals surface area contributed by atoms with Gasteiger partial charge in [-0.25, -0.2) is 4.39 Å². The number of nitriles is 1. The van der Waals surface area contributed by atoms with E-state index in [2.05, 4.69) is 5.32 Å². The summed E-state index contributed by atoms with van der Waals surface area (Å²) in [7, 11) is 0. The third-order valence-electron chi connectivity index (χ3n) is 4.35. The Morgan fingerprint density at radius 1 is 1.13 bits per heavy atom. The van der Waals surface area contributed by atoms with Crippen LogP contribution >= 0.6 is 23.2 Å². The first-order valence-electron chi connectivity index (χ1n) is 9.22. The number of nitrogens with one attached hydrogen (secondary N) is 1. The van der Waals surface area contributed by atoms with Gasteiger partial charge in [0.25, 0.3) is 5.91 Å². The van der Waals surface area contributed by atoms with Crippen molar-refractivity contribution in [2.45, 2.75) is 13.5 Å². The minimum Gasteiger partial charge on any atom is -0.487 e. The molecule has 4 nitrogen and oxygen atoms in total. The number of carbonyl (C=O) groups is 1. The number of anilines is 1. The number of rotatable bonds is 6. The Balaban J connectivity index is 1.71. The highest BCUT2D eigenvalue weighted by Gasteiger charge is 2.11. The van der Waals surface area contributed by atoms with E-state index < -0.39 is 5.91 Å². The summed E-state index contributed by atoms with van der Waals surface area (Å²) in [5, 5.41) is 12.9. The maximum Gasteiger partial charge on any atom is 0.266 e. The summed E-state index contributed by atoms with van der Waals surface area (Å²) in [6, 6.07) is 17.9. The summed E-state index contributed by atoms with van der Waals surface area (Å²) < 4.78 is 18.9. The predicted molar refractivity (Wildman–Crippen MR) is 121 cm³/mol. The van der Waals surface area contributed by atoms with E-state index in [1.165, 1.54) is 18.2 Å². The first kappa shape index (κ1) is 22.4. The lowest BCUT2D eigenvalue weighted by Crippen LogP contribution is -2.13. The summed E-state index contributed by atoms with van der Waals surface area (Å²) in [5.41, 5.74) is 2.49. The molecule has 0 aliphatic rings. The summed E-state index contributed by atoms with van der Waals surface area (Å²) in [6.45, 7) is 2.00. The van der Waals surface area contributed by atoms with Crippen molar-refractivity contribution < 1.29 is 13.9 Å². The van der Waals surface area contributed by atoms with Gasteiger partial charge in [-0.3, -0.25) is 4.79 Å². The van der Waals surface area contributed by atoms with E-state index in [1.54, 1.807) is 48.5 Å². The van der Waals surface area contributed by atoms with Crippen LogP contribution in [0, 0.1) is 24.1 Å². The van der Waals surface area contributed by atoms with Gasteiger partial charge >= 0.3 is 0 Å². The molecule has 1 N–H and O–H groups in total. The van der Waals surface area contributed by atoms with Crippen molar-refractivity contribution in [2.24, 2.45) is 0 Å². The quantitative estimate of drug-likeness (QED) is 0.338. The van der Waals surface area contributed by atoms with E-state index in [1.807, 2.05) is 13.0 Å². The molecule has 0 saturated heterocycles. The zero-order valence-corrected chi connectivity index (χ0v) is 18.0. The Morgan fingerprint density at radius 2 is 1.94 bits per heavy atom. The molecule has 3 rings (SSSR count). The summed E-state index contributed by atoms with van der Waals surface area (Å²) in [6.07, 6.45) is 1.42. The fourth-order valence-electron chi connectivity index (χ4n) is 2.70. The first-order chi connectivity index (χ1) is 14.9. The van der Waals surface area contributed by atoms with Gasteiger partial charge in [-0.1, -0.05) is 47.5 Å². The molecule has 0 spiro atoms. The van der Waals surface area contributed by atoms with E-state index in [0.29, 0.717) is 32.6 Å². The molecule has 0 aliphatic carbocycles. The number of benzene rings is 3. The average molecular weight is 455 g/mol. The Labute approximate surface area is 189 Å². The van der Waals surface area contributed by atoms with Crippen LogP contribution in [0.3, 0.4) is 0 Å². The fourth-order valence-corrected chi connectivity index (χ4v) is 3.12. The summed E-state index contributed by atoms with van der Waals surface area (Å²) in [4.78, 5) is 12.4. The highest BCUT2D eigenvalue weighted by atomic mass is 35.5. The molecule has 3 aromatic rings. The Morgan fingerprint density at radius 3 is 2.61 bits per heavy atom. The van der Waals surface area contributed by atoms with Crippen LogP contribution in [0.15, 0.2) is 66.2 Å². The summed E-state index contributed by atoms with van der Waals surface area (Å²) >= 11 is 12.3. The van der Waals surface area contributed by atoms with Gasteiger partial charge in [0.05, 0.1) is 5.02 Å². The van der Waals surface area contributed by atoms with Gasteiger partial charge in [-0.05, 0) is 66.1 Å². The summed E-state index contributed by atoms with van der Waals surface area (Å²) in [5.74, 6) is -0.506. The number of amides is 1. The first-order valence-corrected chi connectivity index (χ1v) is 9.97. The van der Waals surface area contributed by atoms with Crippen molar-refractivity contribution in [1.29, 1.82) is 5.26 Å². The maximum atomic E-state index is 13.3. The molecule has 3 aromatic carbocycles. The van der Waals surface area contributed by atoms with E-state index in [0.717, 1.165) is 5.56 Å². The van der Waals surface area contributed by atoms with E-state index in [9.17, 15) is 14.4 Å². The number of carbonyl (C=O) groups excluding carboxylic acids is 1. The normalized spacial score (nSPS) is 11.0. The topological polar surface area (TPSA) is 62.1 Å². The lowest BCUT2D eigenvalue weighted by molar-refractivity contribution is -0.112. The van der Waals surface area contributed by atoms with E-state index in [4.69, 9.17) is 27.9 Å². The number of ether oxygens (including phenoxy) is 1. The molecule has 0 aromatic heterocycles.